The quantitative estimate of drug-likeness (QED) is 0.703. The Bertz CT molecular complexity index is 265. The molecule has 0 aromatic carbocycles. The van der Waals surface area contributed by atoms with E-state index in [9.17, 15) is 4.79 Å². The maximum atomic E-state index is 11.0. The van der Waals surface area contributed by atoms with E-state index in [1.165, 1.54) is 11.3 Å². The summed E-state index contributed by atoms with van der Waals surface area (Å²) < 4.78 is 0.462. The largest absolute Gasteiger partial charge is 0.397 e. The van der Waals surface area contributed by atoms with Gasteiger partial charge in [0.15, 0.2) is 0 Å². The normalized spacial score (nSPS) is 9.64. The molecule has 0 radical (unpaired) electrons. The summed E-state index contributed by atoms with van der Waals surface area (Å²) in [5.41, 5.74) is 5.89. The van der Waals surface area contributed by atoms with Gasteiger partial charge in [0.2, 0.25) is 0 Å². The number of nitrogens with two attached hydrogens (primary N) is 1. The van der Waals surface area contributed by atoms with Gasteiger partial charge in [0.05, 0.1) is 10.6 Å². The van der Waals surface area contributed by atoms with Gasteiger partial charge in [-0.1, -0.05) is 11.6 Å². The van der Waals surface area contributed by atoms with Gasteiger partial charge in [0.1, 0.15) is 4.34 Å². The fourth-order valence-corrected chi connectivity index (χ4v) is 1.67. The van der Waals surface area contributed by atoms with Crippen molar-refractivity contribution in [3.63, 3.8) is 0 Å². The summed E-state index contributed by atoms with van der Waals surface area (Å²) in [7, 11) is 1.56. The van der Waals surface area contributed by atoms with Crippen molar-refractivity contribution >= 4 is 34.5 Å². The van der Waals surface area contributed by atoms with Crippen molar-refractivity contribution < 1.29 is 4.79 Å². The minimum absolute atomic E-state index is 0.159. The molecule has 0 spiro atoms. The van der Waals surface area contributed by atoms with Gasteiger partial charge < -0.3 is 11.1 Å². The van der Waals surface area contributed by atoms with Crippen molar-refractivity contribution in [1.29, 1.82) is 0 Å². The molecule has 1 aromatic rings. The molecular formula is C6H7ClN2OS. The first kappa shape index (κ1) is 8.36. The van der Waals surface area contributed by atoms with Gasteiger partial charge >= 0.3 is 0 Å². The lowest BCUT2D eigenvalue weighted by Crippen LogP contribution is -2.16. The third-order valence-corrected chi connectivity index (χ3v) is 2.55. The number of hydrogen-bond acceptors (Lipinski definition) is 3. The SMILES string of the molecule is CNC(=O)c1cc(N)c(Cl)s1. The summed E-state index contributed by atoms with van der Waals surface area (Å²) in [6.45, 7) is 0. The molecule has 1 aromatic heterocycles. The van der Waals surface area contributed by atoms with Crippen LogP contribution in [0.4, 0.5) is 5.69 Å². The van der Waals surface area contributed by atoms with E-state index >= 15 is 0 Å². The Morgan fingerprint density at radius 1 is 1.82 bits per heavy atom. The van der Waals surface area contributed by atoms with Crippen molar-refractivity contribution in [1.82, 2.24) is 5.32 Å². The zero-order chi connectivity index (χ0) is 8.43. The zero-order valence-corrected chi connectivity index (χ0v) is 7.42. The second-order valence-corrected chi connectivity index (χ2v) is 3.57. The lowest BCUT2D eigenvalue weighted by atomic mass is 10.4. The molecule has 0 saturated heterocycles. The van der Waals surface area contributed by atoms with Crippen LogP contribution in [-0.4, -0.2) is 13.0 Å². The second kappa shape index (κ2) is 3.11. The number of nitrogen functional groups attached to an aromatic ring is 1. The molecule has 0 unspecified atom stereocenters. The summed E-state index contributed by atoms with van der Waals surface area (Å²) in [5, 5.41) is 2.48. The molecule has 1 amide bonds. The Balaban J connectivity index is 2.97. The van der Waals surface area contributed by atoms with Gasteiger partial charge in [-0.2, -0.15) is 0 Å². The van der Waals surface area contributed by atoms with Crippen molar-refractivity contribution in [3.8, 4) is 0 Å². The molecule has 60 valence electrons. The number of carbonyl (C=O) groups is 1. The molecule has 0 fully saturated rings. The summed E-state index contributed by atoms with van der Waals surface area (Å²) >= 11 is 6.82. The molecule has 3 N–H and O–H groups in total. The molecule has 0 saturated carbocycles. The van der Waals surface area contributed by atoms with E-state index in [2.05, 4.69) is 5.32 Å². The molecule has 0 bridgehead atoms. The Labute approximate surface area is 73.2 Å². The van der Waals surface area contributed by atoms with E-state index < -0.39 is 0 Å². The molecule has 5 heteroatoms. The van der Waals surface area contributed by atoms with Gasteiger partial charge in [-0.05, 0) is 6.07 Å². The third-order valence-electron chi connectivity index (χ3n) is 1.16. The Kier molecular flexibility index (Phi) is 2.36. The number of hydrogen-bond donors (Lipinski definition) is 2. The molecule has 3 nitrogen and oxygen atoms in total. The molecule has 1 heterocycles. The number of halogens is 1. The number of rotatable bonds is 1. The van der Waals surface area contributed by atoms with E-state index in [1.807, 2.05) is 0 Å². The maximum Gasteiger partial charge on any atom is 0.261 e. The zero-order valence-electron chi connectivity index (χ0n) is 5.85. The average Bonchev–Trinajstić information content (AvgIpc) is 2.31. The van der Waals surface area contributed by atoms with Crippen molar-refractivity contribution in [3.05, 3.63) is 15.3 Å². The first-order valence-corrected chi connectivity index (χ1v) is 4.11. The molecular weight excluding hydrogens is 184 g/mol. The van der Waals surface area contributed by atoms with Crippen LogP contribution in [0.2, 0.25) is 4.34 Å². The number of anilines is 1. The van der Waals surface area contributed by atoms with Crippen LogP contribution in [0.25, 0.3) is 0 Å². The van der Waals surface area contributed by atoms with E-state index in [4.69, 9.17) is 17.3 Å². The van der Waals surface area contributed by atoms with Crippen LogP contribution >= 0.6 is 22.9 Å². The Morgan fingerprint density at radius 2 is 2.45 bits per heavy atom. The van der Waals surface area contributed by atoms with Crippen LogP contribution in [0.3, 0.4) is 0 Å². The first-order chi connectivity index (χ1) is 5.15. The lowest BCUT2D eigenvalue weighted by molar-refractivity contribution is 0.0967. The molecule has 0 atom stereocenters. The van der Waals surface area contributed by atoms with Crippen molar-refractivity contribution in [2.75, 3.05) is 12.8 Å². The van der Waals surface area contributed by atoms with Crippen LogP contribution in [0.15, 0.2) is 6.07 Å². The number of nitrogens with one attached hydrogen (secondary N) is 1. The van der Waals surface area contributed by atoms with E-state index in [0.29, 0.717) is 14.9 Å². The van der Waals surface area contributed by atoms with E-state index in [1.54, 1.807) is 13.1 Å². The number of amides is 1. The van der Waals surface area contributed by atoms with Crippen LogP contribution in [-0.2, 0) is 0 Å². The number of carbonyl (C=O) groups excluding carboxylic acids is 1. The third kappa shape index (κ3) is 1.64. The maximum absolute atomic E-state index is 11.0. The lowest BCUT2D eigenvalue weighted by Gasteiger charge is -1.90. The predicted octanol–water partition coefficient (Wildman–Crippen LogP) is 1.34. The highest BCUT2D eigenvalue weighted by Crippen LogP contribution is 2.29. The fraction of sp³-hybridized carbons (Fsp3) is 0.167. The highest BCUT2D eigenvalue weighted by atomic mass is 35.5. The molecule has 1 rings (SSSR count). The molecule has 0 aliphatic carbocycles. The Hall–Kier alpha value is -0.740. The smallest absolute Gasteiger partial charge is 0.261 e. The summed E-state index contributed by atoms with van der Waals surface area (Å²) in [6.07, 6.45) is 0. The Morgan fingerprint density at radius 3 is 2.82 bits per heavy atom. The van der Waals surface area contributed by atoms with Gasteiger partial charge in [-0.3, -0.25) is 4.79 Å². The van der Waals surface area contributed by atoms with Gasteiger partial charge in [-0.25, -0.2) is 0 Å². The highest BCUT2D eigenvalue weighted by molar-refractivity contribution is 7.18. The topological polar surface area (TPSA) is 55.1 Å². The van der Waals surface area contributed by atoms with E-state index in [0.717, 1.165) is 0 Å². The fourth-order valence-electron chi connectivity index (χ4n) is 0.618. The van der Waals surface area contributed by atoms with Crippen LogP contribution in [0.5, 0.6) is 0 Å². The summed E-state index contributed by atoms with van der Waals surface area (Å²) in [5.74, 6) is -0.159. The standard InChI is InChI=1S/C6H7ClN2OS/c1-9-6(10)4-2-3(8)5(7)11-4/h2H,8H2,1H3,(H,9,10). The highest BCUT2D eigenvalue weighted by Gasteiger charge is 2.09. The molecule has 0 aliphatic heterocycles. The van der Waals surface area contributed by atoms with Crippen molar-refractivity contribution in [2.45, 2.75) is 0 Å². The summed E-state index contributed by atoms with van der Waals surface area (Å²) in [6, 6.07) is 1.56. The molecule has 11 heavy (non-hydrogen) atoms. The van der Waals surface area contributed by atoms with E-state index in [-0.39, 0.29) is 5.91 Å². The summed E-state index contributed by atoms with van der Waals surface area (Å²) in [4.78, 5) is 11.5. The number of thiophene rings is 1. The molecule has 0 aliphatic rings. The van der Waals surface area contributed by atoms with Crippen LogP contribution < -0.4 is 11.1 Å². The predicted molar refractivity (Wildman–Crippen MR) is 47.1 cm³/mol. The first-order valence-electron chi connectivity index (χ1n) is 2.92. The second-order valence-electron chi connectivity index (χ2n) is 1.92. The van der Waals surface area contributed by atoms with Crippen molar-refractivity contribution in [2.24, 2.45) is 0 Å². The minimum atomic E-state index is -0.159. The van der Waals surface area contributed by atoms with Gasteiger partial charge in [0.25, 0.3) is 5.91 Å². The van der Waals surface area contributed by atoms with Crippen LogP contribution in [0, 0.1) is 0 Å². The van der Waals surface area contributed by atoms with Gasteiger partial charge in [0, 0.05) is 7.05 Å². The average molecular weight is 191 g/mol. The minimum Gasteiger partial charge on any atom is -0.397 e. The van der Waals surface area contributed by atoms with Crippen LogP contribution in [0.1, 0.15) is 9.67 Å². The van der Waals surface area contributed by atoms with Gasteiger partial charge in [-0.15, -0.1) is 11.3 Å². The monoisotopic (exact) mass is 190 g/mol.